The molecule has 2 nitrogen and oxygen atoms in total. The summed E-state index contributed by atoms with van der Waals surface area (Å²) in [5.41, 5.74) is 3.87. The molecular formula is C16H22O2. The molecule has 0 aromatic carbocycles. The maximum atomic E-state index is 10.6. The van der Waals surface area contributed by atoms with E-state index < -0.39 is 5.97 Å². The summed E-state index contributed by atoms with van der Waals surface area (Å²) in [6.45, 7) is 4.07. The molecule has 2 heteroatoms. The molecule has 1 aliphatic carbocycles. The van der Waals surface area contributed by atoms with Gasteiger partial charge in [-0.05, 0) is 50.7 Å². The lowest BCUT2D eigenvalue weighted by molar-refractivity contribution is -0.136. The smallest absolute Gasteiger partial charge is 0.303 e. The summed E-state index contributed by atoms with van der Waals surface area (Å²) in [5, 5.41) is 8.70. The zero-order valence-electron chi connectivity index (χ0n) is 11.3. The van der Waals surface area contributed by atoms with Crippen LogP contribution in [0.3, 0.4) is 0 Å². The van der Waals surface area contributed by atoms with Crippen molar-refractivity contribution in [2.45, 2.75) is 46.0 Å². The van der Waals surface area contributed by atoms with Gasteiger partial charge in [0.1, 0.15) is 0 Å². The first-order valence-corrected chi connectivity index (χ1v) is 6.57. The van der Waals surface area contributed by atoms with Gasteiger partial charge in [0.25, 0.3) is 0 Å². The Kier molecular flexibility index (Phi) is 6.20. The number of carboxylic acid groups (broad SMARTS) is 1. The van der Waals surface area contributed by atoms with Crippen molar-refractivity contribution in [3.8, 4) is 0 Å². The second-order valence-electron chi connectivity index (χ2n) is 4.51. The van der Waals surface area contributed by atoms with Crippen molar-refractivity contribution in [2.24, 2.45) is 0 Å². The number of carboxylic acids is 1. The summed E-state index contributed by atoms with van der Waals surface area (Å²) >= 11 is 0. The van der Waals surface area contributed by atoms with Gasteiger partial charge in [0.2, 0.25) is 0 Å². The van der Waals surface area contributed by atoms with Crippen LogP contribution in [0.2, 0.25) is 0 Å². The van der Waals surface area contributed by atoms with Crippen molar-refractivity contribution in [1.29, 1.82) is 0 Å². The fourth-order valence-corrected chi connectivity index (χ4v) is 2.18. The molecule has 1 aliphatic rings. The van der Waals surface area contributed by atoms with Gasteiger partial charge >= 0.3 is 5.97 Å². The van der Waals surface area contributed by atoms with Gasteiger partial charge in [0.05, 0.1) is 0 Å². The third-order valence-corrected chi connectivity index (χ3v) is 3.15. The van der Waals surface area contributed by atoms with Crippen molar-refractivity contribution in [1.82, 2.24) is 0 Å². The lowest BCUT2D eigenvalue weighted by atomic mass is 10.00. The summed E-state index contributed by atoms with van der Waals surface area (Å²) < 4.78 is 0. The molecule has 0 unspecified atom stereocenters. The molecule has 0 heterocycles. The maximum absolute atomic E-state index is 10.6. The number of rotatable bonds is 5. The molecule has 0 bridgehead atoms. The minimum Gasteiger partial charge on any atom is -0.481 e. The second-order valence-corrected chi connectivity index (χ2v) is 4.51. The third-order valence-electron chi connectivity index (χ3n) is 3.15. The first-order chi connectivity index (χ1) is 8.67. The van der Waals surface area contributed by atoms with E-state index in [0.29, 0.717) is 6.42 Å². The lowest BCUT2D eigenvalue weighted by Gasteiger charge is -2.05. The highest BCUT2D eigenvalue weighted by Crippen LogP contribution is 2.25. The molecular weight excluding hydrogens is 224 g/mol. The Balaban J connectivity index is 2.75. The van der Waals surface area contributed by atoms with E-state index in [1.54, 1.807) is 0 Å². The summed E-state index contributed by atoms with van der Waals surface area (Å²) in [5.74, 6) is -0.715. The van der Waals surface area contributed by atoms with E-state index in [1.165, 1.54) is 16.7 Å². The van der Waals surface area contributed by atoms with Gasteiger partial charge in [-0.1, -0.05) is 36.0 Å². The largest absolute Gasteiger partial charge is 0.481 e. The van der Waals surface area contributed by atoms with Gasteiger partial charge in [0.15, 0.2) is 0 Å². The summed E-state index contributed by atoms with van der Waals surface area (Å²) in [7, 11) is 0. The van der Waals surface area contributed by atoms with Crippen molar-refractivity contribution < 1.29 is 9.90 Å². The summed E-state index contributed by atoms with van der Waals surface area (Å²) in [6, 6.07) is 0. The molecule has 0 aromatic heterocycles. The fourth-order valence-electron chi connectivity index (χ4n) is 2.18. The van der Waals surface area contributed by atoms with Gasteiger partial charge in [-0.2, -0.15) is 0 Å². The van der Waals surface area contributed by atoms with Crippen LogP contribution in [0.1, 0.15) is 46.0 Å². The highest BCUT2D eigenvalue weighted by Gasteiger charge is 2.08. The van der Waals surface area contributed by atoms with Crippen molar-refractivity contribution >= 4 is 5.97 Å². The molecule has 0 aromatic rings. The molecule has 1 rings (SSSR count). The lowest BCUT2D eigenvalue weighted by Crippen LogP contribution is -1.95. The van der Waals surface area contributed by atoms with Crippen LogP contribution in [-0.2, 0) is 4.79 Å². The molecule has 0 radical (unpaired) electrons. The molecule has 0 spiro atoms. The van der Waals surface area contributed by atoms with E-state index in [9.17, 15) is 4.79 Å². The molecule has 0 fully saturated rings. The summed E-state index contributed by atoms with van der Waals surface area (Å²) in [6.07, 6.45) is 14.7. The number of carbonyl (C=O) groups is 1. The van der Waals surface area contributed by atoms with E-state index >= 15 is 0 Å². The van der Waals surface area contributed by atoms with E-state index in [0.717, 1.165) is 19.3 Å². The quantitative estimate of drug-likeness (QED) is 0.729. The number of hydrogen-bond acceptors (Lipinski definition) is 1. The van der Waals surface area contributed by atoms with Crippen LogP contribution in [0.25, 0.3) is 0 Å². The van der Waals surface area contributed by atoms with Gasteiger partial charge in [0, 0.05) is 6.42 Å². The normalized spacial score (nSPS) is 17.3. The standard InChI is InChI=1S/C16H22O2/c1-3-6-14(4-2)15-8-5-7-13(9-11-15)10-12-16(17)18/h3-4,6,9,11H,5,7-8,10,12H2,1-2H3,(H,17,18)/b6-3-,14-4+. The molecule has 0 saturated heterocycles. The Morgan fingerprint density at radius 3 is 2.72 bits per heavy atom. The van der Waals surface area contributed by atoms with Gasteiger partial charge in [-0.3, -0.25) is 4.79 Å². The minimum absolute atomic E-state index is 0.236. The van der Waals surface area contributed by atoms with Gasteiger partial charge in [-0.15, -0.1) is 0 Å². The van der Waals surface area contributed by atoms with Crippen LogP contribution < -0.4 is 0 Å². The van der Waals surface area contributed by atoms with Crippen LogP contribution >= 0.6 is 0 Å². The molecule has 0 aliphatic heterocycles. The predicted molar refractivity (Wildman–Crippen MR) is 75.5 cm³/mol. The topological polar surface area (TPSA) is 37.3 Å². The zero-order chi connectivity index (χ0) is 13.4. The molecule has 0 saturated carbocycles. The van der Waals surface area contributed by atoms with Crippen LogP contribution in [0.15, 0.2) is 47.1 Å². The number of allylic oxidation sites excluding steroid dienone is 8. The van der Waals surface area contributed by atoms with Crippen molar-refractivity contribution in [3.05, 3.63) is 47.1 Å². The van der Waals surface area contributed by atoms with Gasteiger partial charge < -0.3 is 5.11 Å². The van der Waals surface area contributed by atoms with E-state index in [1.807, 2.05) is 6.92 Å². The first kappa shape index (κ1) is 14.5. The fraction of sp³-hybridized carbons (Fsp3) is 0.438. The van der Waals surface area contributed by atoms with E-state index in [-0.39, 0.29) is 6.42 Å². The van der Waals surface area contributed by atoms with Crippen LogP contribution in [0.4, 0.5) is 0 Å². The highest BCUT2D eigenvalue weighted by atomic mass is 16.4. The molecule has 1 N–H and O–H groups in total. The monoisotopic (exact) mass is 246 g/mol. The summed E-state index contributed by atoms with van der Waals surface area (Å²) in [4.78, 5) is 10.6. The first-order valence-electron chi connectivity index (χ1n) is 6.57. The van der Waals surface area contributed by atoms with Crippen LogP contribution in [0.5, 0.6) is 0 Å². The molecule has 0 amide bonds. The Morgan fingerprint density at radius 1 is 1.33 bits per heavy atom. The Morgan fingerprint density at radius 2 is 2.11 bits per heavy atom. The molecule has 0 atom stereocenters. The highest BCUT2D eigenvalue weighted by molar-refractivity contribution is 5.67. The van der Waals surface area contributed by atoms with Crippen molar-refractivity contribution in [3.63, 3.8) is 0 Å². The van der Waals surface area contributed by atoms with Gasteiger partial charge in [-0.25, -0.2) is 0 Å². The van der Waals surface area contributed by atoms with Crippen molar-refractivity contribution in [2.75, 3.05) is 0 Å². The van der Waals surface area contributed by atoms with E-state index in [4.69, 9.17) is 5.11 Å². The molecule has 98 valence electrons. The van der Waals surface area contributed by atoms with Crippen LogP contribution in [-0.4, -0.2) is 11.1 Å². The zero-order valence-corrected chi connectivity index (χ0v) is 11.3. The third kappa shape index (κ3) is 4.74. The number of aliphatic carboxylic acids is 1. The second kappa shape index (κ2) is 7.70. The number of hydrogen-bond donors (Lipinski definition) is 1. The van der Waals surface area contributed by atoms with E-state index in [2.05, 4.69) is 37.3 Å². The average Bonchev–Trinajstić information content (AvgIpc) is 2.59. The SMILES string of the molecule is C/C=C\C(=C/C)C1=CC=C(CCC(=O)O)CCC1. The predicted octanol–water partition coefficient (Wildman–Crippen LogP) is 4.41. The Bertz CT molecular complexity index is 409. The molecule has 18 heavy (non-hydrogen) atoms. The maximum Gasteiger partial charge on any atom is 0.303 e. The average molecular weight is 246 g/mol. The minimum atomic E-state index is -0.715. The van der Waals surface area contributed by atoms with Crippen LogP contribution in [0, 0.1) is 0 Å². The Labute approximate surface area is 109 Å². The Hall–Kier alpha value is -1.57.